The molecule has 9 nitrogen and oxygen atoms in total. The third kappa shape index (κ3) is 2.83. The topological polar surface area (TPSA) is 112 Å². The standard InChI is InChI=1S/C8H11N7O2S/c1-2-14-5-9-10-6(14)3-15-8(11-12-13-15)18-4-7(16)17/h5H,2-4H2,1H3,(H,16,17). The number of hydrogen-bond donors (Lipinski definition) is 1. The molecular weight excluding hydrogens is 258 g/mol. The zero-order valence-corrected chi connectivity index (χ0v) is 10.4. The van der Waals surface area contributed by atoms with E-state index >= 15 is 0 Å². The van der Waals surface area contributed by atoms with Crippen LogP contribution in [0.2, 0.25) is 0 Å². The molecule has 0 aliphatic carbocycles. The fraction of sp³-hybridized carbons (Fsp3) is 0.500. The Morgan fingerprint density at radius 1 is 1.50 bits per heavy atom. The van der Waals surface area contributed by atoms with E-state index in [1.165, 1.54) is 4.68 Å². The maximum absolute atomic E-state index is 10.5. The van der Waals surface area contributed by atoms with Gasteiger partial charge in [-0.1, -0.05) is 11.8 Å². The summed E-state index contributed by atoms with van der Waals surface area (Å²) < 4.78 is 3.37. The second kappa shape index (κ2) is 5.58. The van der Waals surface area contributed by atoms with Crippen LogP contribution in [0.5, 0.6) is 0 Å². The quantitative estimate of drug-likeness (QED) is 0.699. The van der Waals surface area contributed by atoms with Crippen LogP contribution < -0.4 is 0 Å². The molecule has 2 rings (SSSR count). The predicted molar refractivity (Wildman–Crippen MR) is 61.0 cm³/mol. The molecule has 0 saturated heterocycles. The highest BCUT2D eigenvalue weighted by atomic mass is 32.2. The minimum absolute atomic E-state index is 0.0825. The minimum Gasteiger partial charge on any atom is -0.481 e. The number of rotatable bonds is 6. The molecule has 0 unspecified atom stereocenters. The van der Waals surface area contributed by atoms with Crippen molar-refractivity contribution in [2.75, 3.05) is 5.75 Å². The van der Waals surface area contributed by atoms with Crippen LogP contribution in [0.3, 0.4) is 0 Å². The summed E-state index contributed by atoms with van der Waals surface area (Å²) in [7, 11) is 0. The van der Waals surface area contributed by atoms with Gasteiger partial charge in [0.05, 0.1) is 5.75 Å². The largest absolute Gasteiger partial charge is 0.481 e. The third-order valence-corrected chi connectivity index (χ3v) is 3.09. The van der Waals surface area contributed by atoms with Crippen molar-refractivity contribution in [3.8, 4) is 0 Å². The zero-order chi connectivity index (χ0) is 13.0. The first-order chi connectivity index (χ1) is 8.70. The molecule has 1 N–H and O–H groups in total. The number of thioether (sulfide) groups is 1. The molecule has 0 amide bonds. The number of carboxylic acids is 1. The van der Waals surface area contributed by atoms with Crippen molar-refractivity contribution in [1.82, 2.24) is 35.0 Å². The summed E-state index contributed by atoms with van der Waals surface area (Å²) in [5, 5.41) is 27.9. The van der Waals surface area contributed by atoms with E-state index in [0.717, 1.165) is 24.1 Å². The molecule has 2 aromatic heterocycles. The Hall–Kier alpha value is -1.97. The summed E-state index contributed by atoms with van der Waals surface area (Å²) in [5.41, 5.74) is 0. The molecule has 0 radical (unpaired) electrons. The summed E-state index contributed by atoms with van der Waals surface area (Å²) >= 11 is 1.07. The molecule has 18 heavy (non-hydrogen) atoms. The van der Waals surface area contributed by atoms with Crippen molar-refractivity contribution in [2.24, 2.45) is 0 Å². The number of tetrazole rings is 1. The number of carbonyl (C=O) groups is 1. The van der Waals surface area contributed by atoms with E-state index in [-0.39, 0.29) is 5.75 Å². The molecule has 96 valence electrons. The number of aliphatic carboxylic acids is 1. The molecule has 0 aromatic carbocycles. The van der Waals surface area contributed by atoms with Crippen molar-refractivity contribution in [3.05, 3.63) is 12.2 Å². The lowest BCUT2D eigenvalue weighted by atomic mass is 10.5. The van der Waals surface area contributed by atoms with Gasteiger partial charge >= 0.3 is 5.97 Å². The van der Waals surface area contributed by atoms with Crippen LogP contribution in [0.4, 0.5) is 0 Å². The number of carboxylic acid groups (broad SMARTS) is 1. The number of aryl methyl sites for hydroxylation is 1. The summed E-state index contributed by atoms with van der Waals surface area (Å²) in [6, 6.07) is 0. The van der Waals surface area contributed by atoms with Crippen LogP contribution >= 0.6 is 11.8 Å². The SMILES string of the molecule is CCn1cnnc1Cn1nnnc1SCC(=O)O. The first kappa shape index (κ1) is 12.5. The molecule has 0 aliphatic rings. The van der Waals surface area contributed by atoms with E-state index in [1.54, 1.807) is 6.33 Å². The van der Waals surface area contributed by atoms with Crippen molar-refractivity contribution in [3.63, 3.8) is 0 Å². The lowest BCUT2D eigenvalue weighted by Gasteiger charge is -2.04. The van der Waals surface area contributed by atoms with Crippen molar-refractivity contribution in [2.45, 2.75) is 25.2 Å². The second-order valence-corrected chi connectivity index (χ2v) is 4.28. The average molecular weight is 269 g/mol. The molecule has 2 aromatic rings. The van der Waals surface area contributed by atoms with Crippen molar-refractivity contribution < 1.29 is 9.90 Å². The van der Waals surface area contributed by atoms with Crippen LogP contribution in [0.15, 0.2) is 11.5 Å². The normalized spacial score (nSPS) is 10.7. The van der Waals surface area contributed by atoms with E-state index in [9.17, 15) is 4.79 Å². The molecule has 10 heteroatoms. The monoisotopic (exact) mass is 269 g/mol. The Labute approximate surface area is 106 Å². The molecule has 2 heterocycles. The van der Waals surface area contributed by atoms with E-state index < -0.39 is 5.97 Å². The van der Waals surface area contributed by atoms with Gasteiger partial charge in [0, 0.05) is 6.54 Å². The van der Waals surface area contributed by atoms with Crippen LogP contribution in [0.1, 0.15) is 12.7 Å². The van der Waals surface area contributed by atoms with Gasteiger partial charge in [-0.15, -0.1) is 15.3 Å². The van der Waals surface area contributed by atoms with Gasteiger partial charge in [-0.2, -0.15) is 0 Å². The number of hydrogen-bond acceptors (Lipinski definition) is 7. The van der Waals surface area contributed by atoms with Gasteiger partial charge in [-0.05, 0) is 17.4 Å². The second-order valence-electron chi connectivity index (χ2n) is 3.33. The zero-order valence-electron chi connectivity index (χ0n) is 9.59. The Morgan fingerprint density at radius 3 is 3.06 bits per heavy atom. The molecular formula is C8H11N7O2S. The van der Waals surface area contributed by atoms with Gasteiger partial charge in [0.15, 0.2) is 5.82 Å². The van der Waals surface area contributed by atoms with Gasteiger partial charge < -0.3 is 9.67 Å². The third-order valence-electron chi connectivity index (χ3n) is 2.15. The smallest absolute Gasteiger partial charge is 0.313 e. The highest BCUT2D eigenvalue weighted by molar-refractivity contribution is 7.99. The summed E-state index contributed by atoms with van der Waals surface area (Å²) in [5.74, 6) is -0.269. The van der Waals surface area contributed by atoms with Crippen LogP contribution in [0.25, 0.3) is 0 Å². The van der Waals surface area contributed by atoms with Gasteiger partial charge in [0.2, 0.25) is 5.16 Å². The molecule has 0 saturated carbocycles. The summed E-state index contributed by atoms with van der Waals surface area (Å²) in [4.78, 5) is 10.5. The lowest BCUT2D eigenvalue weighted by Crippen LogP contribution is -2.10. The lowest BCUT2D eigenvalue weighted by molar-refractivity contribution is -0.133. The van der Waals surface area contributed by atoms with Gasteiger partial charge in [-0.25, -0.2) is 4.68 Å². The highest BCUT2D eigenvalue weighted by Crippen LogP contribution is 2.13. The fourth-order valence-corrected chi connectivity index (χ4v) is 1.92. The maximum Gasteiger partial charge on any atom is 0.313 e. The summed E-state index contributed by atoms with van der Waals surface area (Å²) in [6.07, 6.45) is 1.63. The molecule has 0 fully saturated rings. The molecule has 0 bridgehead atoms. The highest BCUT2D eigenvalue weighted by Gasteiger charge is 2.12. The minimum atomic E-state index is -0.911. The van der Waals surface area contributed by atoms with Crippen molar-refractivity contribution >= 4 is 17.7 Å². The average Bonchev–Trinajstić information content (AvgIpc) is 2.96. The number of nitrogens with zero attached hydrogens (tertiary/aromatic N) is 7. The van der Waals surface area contributed by atoms with Crippen molar-refractivity contribution in [1.29, 1.82) is 0 Å². The molecule has 0 spiro atoms. The fourth-order valence-electron chi connectivity index (χ4n) is 1.32. The van der Waals surface area contributed by atoms with Crippen LogP contribution in [-0.4, -0.2) is 51.8 Å². The maximum atomic E-state index is 10.5. The van der Waals surface area contributed by atoms with Gasteiger partial charge in [0.1, 0.15) is 12.9 Å². The summed E-state index contributed by atoms with van der Waals surface area (Å²) in [6.45, 7) is 3.09. The Bertz CT molecular complexity index is 537. The predicted octanol–water partition coefficient (Wildman–Crippen LogP) is -0.491. The van der Waals surface area contributed by atoms with E-state index in [2.05, 4.69) is 25.7 Å². The first-order valence-electron chi connectivity index (χ1n) is 5.18. The van der Waals surface area contributed by atoms with E-state index in [1.807, 2.05) is 11.5 Å². The Balaban J connectivity index is 2.10. The van der Waals surface area contributed by atoms with Crippen LogP contribution in [0, 0.1) is 0 Å². The van der Waals surface area contributed by atoms with Gasteiger partial charge in [0.25, 0.3) is 0 Å². The van der Waals surface area contributed by atoms with E-state index in [0.29, 0.717) is 11.7 Å². The Morgan fingerprint density at radius 2 is 2.33 bits per heavy atom. The Kier molecular flexibility index (Phi) is 3.87. The molecule has 0 atom stereocenters. The first-order valence-corrected chi connectivity index (χ1v) is 6.16. The number of aromatic nitrogens is 7. The van der Waals surface area contributed by atoms with Crippen LogP contribution in [-0.2, 0) is 17.9 Å². The molecule has 0 aliphatic heterocycles. The van der Waals surface area contributed by atoms with Gasteiger partial charge in [-0.3, -0.25) is 4.79 Å². The van der Waals surface area contributed by atoms with E-state index in [4.69, 9.17) is 5.11 Å².